The van der Waals surface area contributed by atoms with Gasteiger partial charge in [-0.05, 0) is 25.7 Å². The molecule has 1 saturated heterocycles. The van der Waals surface area contributed by atoms with Gasteiger partial charge in [0.2, 0.25) is 0 Å². The Hall–Kier alpha value is -1.44. The summed E-state index contributed by atoms with van der Waals surface area (Å²) in [5, 5.41) is 32.2. The minimum Gasteiger partial charge on any atom is -0.481 e. The molecule has 5 unspecified atom stereocenters. The van der Waals surface area contributed by atoms with Gasteiger partial charge in [-0.3, -0.25) is 9.79 Å². The molecule has 0 bridgehead atoms. The average molecular weight is 354 g/mol. The van der Waals surface area contributed by atoms with Crippen LogP contribution in [0.5, 0.6) is 0 Å². The molecular formula is C18H30N2O5. The van der Waals surface area contributed by atoms with E-state index >= 15 is 0 Å². The lowest BCUT2D eigenvalue weighted by atomic mass is 9.91. The van der Waals surface area contributed by atoms with Crippen molar-refractivity contribution in [1.29, 1.82) is 0 Å². The Kier molecular flexibility index (Phi) is 7.87. The second kappa shape index (κ2) is 9.89. The maximum atomic E-state index is 10.5. The van der Waals surface area contributed by atoms with Crippen molar-refractivity contribution in [2.45, 2.75) is 57.3 Å². The third kappa shape index (κ3) is 6.09. The highest BCUT2D eigenvalue weighted by Crippen LogP contribution is 2.39. The van der Waals surface area contributed by atoms with Gasteiger partial charge in [-0.1, -0.05) is 12.2 Å². The second-order valence-electron chi connectivity index (χ2n) is 6.76. The van der Waals surface area contributed by atoms with Crippen molar-refractivity contribution < 1.29 is 24.9 Å². The van der Waals surface area contributed by atoms with Gasteiger partial charge in [-0.25, -0.2) is 0 Å². The van der Waals surface area contributed by atoms with Crippen LogP contribution in [0.1, 0.15) is 39.0 Å². The van der Waals surface area contributed by atoms with Crippen molar-refractivity contribution >= 4 is 11.8 Å². The standard InChI is InChI=1S/C18H30N2O5/c1-2-25-9-7-12(21)5-6-13-14-10-17(19-8-3-4-18(23)24)20-15(14)11-16(13)22/h5-6,12-16,21-22H,2-4,7-11H2,1H3,(H,19,20)(H,23,24). The van der Waals surface area contributed by atoms with E-state index < -0.39 is 18.2 Å². The molecule has 7 nitrogen and oxygen atoms in total. The van der Waals surface area contributed by atoms with E-state index in [1.165, 1.54) is 0 Å². The molecule has 7 heteroatoms. The summed E-state index contributed by atoms with van der Waals surface area (Å²) < 4.78 is 5.24. The number of hydrogen-bond acceptors (Lipinski definition) is 5. The molecular weight excluding hydrogens is 324 g/mol. The van der Waals surface area contributed by atoms with E-state index in [1.807, 2.05) is 13.0 Å². The first-order chi connectivity index (χ1) is 12.0. The topological polar surface area (TPSA) is 111 Å². The summed E-state index contributed by atoms with van der Waals surface area (Å²) in [6.45, 7) is 3.59. The second-order valence-corrected chi connectivity index (χ2v) is 6.76. The van der Waals surface area contributed by atoms with Crippen molar-refractivity contribution in [3.63, 3.8) is 0 Å². The van der Waals surface area contributed by atoms with E-state index in [9.17, 15) is 15.0 Å². The normalized spacial score (nSPS) is 31.4. The highest BCUT2D eigenvalue weighted by molar-refractivity contribution is 5.85. The SMILES string of the molecule is CCOCCC(O)C=CC1C(O)CC2NC(=NCCCC(=O)O)CC21. The van der Waals surface area contributed by atoms with Crippen LogP contribution in [0.15, 0.2) is 17.1 Å². The number of aliphatic hydroxyl groups is 2. The van der Waals surface area contributed by atoms with Gasteiger partial charge in [0.05, 0.1) is 18.0 Å². The number of carboxylic acid groups (broad SMARTS) is 1. The molecule has 0 radical (unpaired) electrons. The van der Waals surface area contributed by atoms with Crippen molar-refractivity contribution in [3.05, 3.63) is 12.2 Å². The number of aliphatic imine (C=N–C) groups is 1. The number of hydrogen-bond donors (Lipinski definition) is 4. The number of aliphatic hydroxyl groups excluding tert-OH is 2. The first-order valence-electron chi connectivity index (χ1n) is 9.15. The number of aliphatic carboxylic acids is 1. The summed E-state index contributed by atoms with van der Waals surface area (Å²) in [6.07, 6.45) is 5.37. The van der Waals surface area contributed by atoms with Crippen LogP contribution in [0, 0.1) is 11.8 Å². The lowest BCUT2D eigenvalue weighted by Crippen LogP contribution is -2.27. The van der Waals surface area contributed by atoms with Crippen LogP contribution in [0.3, 0.4) is 0 Å². The number of nitrogens with zero attached hydrogens (tertiary/aromatic N) is 1. The Balaban J connectivity index is 1.83. The van der Waals surface area contributed by atoms with E-state index in [1.54, 1.807) is 6.08 Å². The largest absolute Gasteiger partial charge is 0.481 e. The molecule has 1 aliphatic heterocycles. The number of nitrogens with one attached hydrogen (secondary N) is 1. The molecule has 1 heterocycles. The van der Waals surface area contributed by atoms with Crippen LogP contribution in [-0.4, -0.2) is 65.1 Å². The summed E-state index contributed by atoms with van der Waals surface area (Å²) in [5.41, 5.74) is 0. The zero-order valence-electron chi connectivity index (χ0n) is 14.8. The highest BCUT2D eigenvalue weighted by Gasteiger charge is 2.45. The Morgan fingerprint density at radius 1 is 1.52 bits per heavy atom. The maximum absolute atomic E-state index is 10.5. The van der Waals surface area contributed by atoms with Crippen LogP contribution in [0.25, 0.3) is 0 Å². The predicted octanol–water partition coefficient (Wildman–Crippen LogP) is 0.952. The summed E-state index contributed by atoms with van der Waals surface area (Å²) in [7, 11) is 0. The number of amidine groups is 1. The van der Waals surface area contributed by atoms with Crippen LogP contribution < -0.4 is 5.32 Å². The van der Waals surface area contributed by atoms with Crippen LogP contribution in [-0.2, 0) is 9.53 Å². The Morgan fingerprint density at radius 2 is 2.32 bits per heavy atom. The fourth-order valence-electron chi connectivity index (χ4n) is 3.61. The zero-order valence-corrected chi connectivity index (χ0v) is 14.8. The molecule has 2 rings (SSSR count). The van der Waals surface area contributed by atoms with E-state index in [0.29, 0.717) is 39.0 Å². The molecule has 25 heavy (non-hydrogen) atoms. The molecule has 0 spiro atoms. The van der Waals surface area contributed by atoms with Gasteiger partial charge in [0.25, 0.3) is 0 Å². The molecule has 2 fully saturated rings. The lowest BCUT2D eigenvalue weighted by molar-refractivity contribution is -0.137. The molecule has 0 amide bonds. The van der Waals surface area contributed by atoms with Crippen molar-refractivity contribution in [2.75, 3.05) is 19.8 Å². The van der Waals surface area contributed by atoms with E-state index in [0.717, 1.165) is 12.3 Å². The molecule has 0 aromatic rings. The number of carbonyl (C=O) groups is 1. The van der Waals surface area contributed by atoms with Gasteiger partial charge in [0.15, 0.2) is 0 Å². The number of fused-ring (bicyclic) bond motifs is 1. The maximum Gasteiger partial charge on any atom is 0.303 e. The van der Waals surface area contributed by atoms with Gasteiger partial charge in [0, 0.05) is 51.0 Å². The van der Waals surface area contributed by atoms with Crippen molar-refractivity contribution in [2.24, 2.45) is 16.8 Å². The summed E-state index contributed by atoms with van der Waals surface area (Å²) in [6, 6.07) is 0.198. The summed E-state index contributed by atoms with van der Waals surface area (Å²) in [4.78, 5) is 15.0. The van der Waals surface area contributed by atoms with Crippen LogP contribution >= 0.6 is 0 Å². The molecule has 1 saturated carbocycles. The summed E-state index contributed by atoms with van der Waals surface area (Å²) in [5.74, 6) is 0.379. The van der Waals surface area contributed by atoms with Crippen LogP contribution in [0.2, 0.25) is 0 Å². The molecule has 2 aliphatic rings. The Labute approximate surface area is 148 Å². The van der Waals surface area contributed by atoms with Gasteiger partial charge < -0.3 is 25.4 Å². The first kappa shape index (κ1) is 19.9. The average Bonchev–Trinajstić information content (AvgIpc) is 3.06. The van der Waals surface area contributed by atoms with Gasteiger partial charge in [-0.15, -0.1) is 0 Å². The Morgan fingerprint density at radius 3 is 3.04 bits per heavy atom. The van der Waals surface area contributed by atoms with E-state index in [4.69, 9.17) is 9.84 Å². The van der Waals surface area contributed by atoms with Gasteiger partial charge >= 0.3 is 5.97 Å². The zero-order chi connectivity index (χ0) is 18.2. The Bertz CT molecular complexity index is 494. The van der Waals surface area contributed by atoms with Crippen molar-refractivity contribution in [3.8, 4) is 0 Å². The minimum absolute atomic E-state index is 0.00552. The summed E-state index contributed by atoms with van der Waals surface area (Å²) >= 11 is 0. The minimum atomic E-state index is -0.798. The fraction of sp³-hybridized carbons (Fsp3) is 0.778. The number of carboxylic acids is 1. The van der Waals surface area contributed by atoms with E-state index in [-0.39, 0.29) is 24.3 Å². The third-order valence-electron chi connectivity index (χ3n) is 4.90. The number of rotatable bonds is 10. The molecule has 0 aromatic heterocycles. The van der Waals surface area contributed by atoms with Crippen molar-refractivity contribution in [1.82, 2.24) is 5.32 Å². The monoisotopic (exact) mass is 354 g/mol. The van der Waals surface area contributed by atoms with Crippen LogP contribution in [0.4, 0.5) is 0 Å². The molecule has 4 N–H and O–H groups in total. The van der Waals surface area contributed by atoms with E-state index in [2.05, 4.69) is 10.3 Å². The van der Waals surface area contributed by atoms with Gasteiger partial charge in [0.1, 0.15) is 0 Å². The molecule has 5 atom stereocenters. The molecule has 0 aromatic carbocycles. The fourth-order valence-corrected chi connectivity index (χ4v) is 3.61. The smallest absolute Gasteiger partial charge is 0.303 e. The lowest BCUT2D eigenvalue weighted by Gasteiger charge is -2.16. The quantitative estimate of drug-likeness (QED) is 0.343. The molecule has 1 aliphatic carbocycles. The van der Waals surface area contributed by atoms with Gasteiger partial charge in [-0.2, -0.15) is 0 Å². The first-order valence-corrected chi connectivity index (χ1v) is 9.15. The predicted molar refractivity (Wildman–Crippen MR) is 94.6 cm³/mol. The molecule has 142 valence electrons. The highest BCUT2D eigenvalue weighted by atomic mass is 16.5. The third-order valence-corrected chi connectivity index (χ3v) is 4.90. The number of ether oxygens (including phenoxy) is 1.